The summed E-state index contributed by atoms with van der Waals surface area (Å²) in [6.45, 7) is 0.883. The van der Waals surface area contributed by atoms with Crippen LogP contribution in [0.3, 0.4) is 0 Å². The van der Waals surface area contributed by atoms with Crippen LogP contribution in [0.1, 0.15) is 12.8 Å². The van der Waals surface area contributed by atoms with Crippen LogP contribution in [0.4, 0.5) is 5.82 Å². The first-order valence-electron chi connectivity index (χ1n) is 6.46. The maximum atomic E-state index is 12.0. The van der Waals surface area contributed by atoms with Crippen LogP contribution in [0.15, 0.2) is 22.8 Å². The van der Waals surface area contributed by atoms with Gasteiger partial charge in [0, 0.05) is 17.7 Å². The van der Waals surface area contributed by atoms with Gasteiger partial charge in [0.05, 0.1) is 12.6 Å². The summed E-state index contributed by atoms with van der Waals surface area (Å²) in [4.78, 5) is 29.4. The maximum absolute atomic E-state index is 12.0. The van der Waals surface area contributed by atoms with Crippen LogP contribution in [0, 0.1) is 0 Å². The van der Waals surface area contributed by atoms with Crippen LogP contribution in [0.2, 0.25) is 0 Å². The van der Waals surface area contributed by atoms with Gasteiger partial charge in [0.25, 0.3) is 0 Å². The molecular weight excluding hydrogens is 324 g/mol. The van der Waals surface area contributed by atoms with Gasteiger partial charge in [0.15, 0.2) is 0 Å². The van der Waals surface area contributed by atoms with E-state index in [1.54, 1.807) is 25.4 Å². The number of halogens is 1. The molecule has 2 amide bonds. The molecule has 6 nitrogen and oxygen atoms in total. The van der Waals surface area contributed by atoms with Crippen molar-refractivity contribution >= 4 is 33.6 Å². The number of nitrogens with one attached hydrogen (secondary N) is 2. The lowest BCUT2D eigenvalue weighted by atomic mass is 10.2. The van der Waals surface area contributed by atoms with Gasteiger partial charge in [-0.2, -0.15) is 0 Å². The van der Waals surface area contributed by atoms with E-state index in [4.69, 9.17) is 0 Å². The minimum absolute atomic E-state index is 0.0226. The summed E-state index contributed by atoms with van der Waals surface area (Å²) in [6, 6.07) is 3.33. The highest BCUT2D eigenvalue weighted by Crippen LogP contribution is 2.11. The Balaban J connectivity index is 1.84. The van der Waals surface area contributed by atoms with Crippen molar-refractivity contribution in [2.75, 3.05) is 25.5 Å². The van der Waals surface area contributed by atoms with Crippen molar-refractivity contribution in [3.05, 3.63) is 22.8 Å². The van der Waals surface area contributed by atoms with E-state index in [0.29, 0.717) is 5.82 Å². The van der Waals surface area contributed by atoms with Gasteiger partial charge in [-0.25, -0.2) is 4.98 Å². The molecule has 2 rings (SSSR count). The Morgan fingerprint density at radius 2 is 2.35 bits per heavy atom. The zero-order chi connectivity index (χ0) is 14.5. The molecule has 1 atom stereocenters. The van der Waals surface area contributed by atoms with Gasteiger partial charge in [-0.1, -0.05) is 0 Å². The molecule has 1 saturated heterocycles. The van der Waals surface area contributed by atoms with Gasteiger partial charge >= 0.3 is 0 Å². The van der Waals surface area contributed by atoms with E-state index in [1.165, 1.54) is 4.90 Å². The summed E-state index contributed by atoms with van der Waals surface area (Å²) < 4.78 is 0.843. The average molecular weight is 341 g/mol. The van der Waals surface area contributed by atoms with Gasteiger partial charge in [0.2, 0.25) is 11.8 Å². The van der Waals surface area contributed by atoms with Crippen molar-refractivity contribution in [1.29, 1.82) is 0 Å². The van der Waals surface area contributed by atoms with E-state index in [1.807, 2.05) is 0 Å². The van der Waals surface area contributed by atoms with Gasteiger partial charge in [0.1, 0.15) is 5.82 Å². The molecule has 7 heteroatoms. The summed E-state index contributed by atoms with van der Waals surface area (Å²) in [7, 11) is 1.64. The number of amides is 2. The van der Waals surface area contributed by atoms with Gasteiger partial charge < -0.3 is 15.5 Å². The normalized spacial score (nSPS) is 17.8. The Labute approximate surface area is 126 Å². The van der Waals surface area contributed by atoms with E-state index in [0.717, 1.165) is 23.9 Å². The van der Waals surface area contributed by atoms with Crippen molar-refractivity contribution in [1.82, 2.24) is 15.2 Å². The average Bonchev–Trinajstić information content (AvgIpc) is 2.94. The predicted octanol–water partition coefficient (Wildman–Crippen LogP) is 0.993. The van der Waals surface area contributed by atoms with E-state index in [-0.39, 0.29) is 24.4 Å². The summed E-state index contributed by atoms with van der Waals surface area (Å²) in [6.07, 6.45) is 3.44. The van der Waals surface area contributed by atoms with Crippen molar-refractivity contribution < 1.29 is 9.59 Å². The number of nitrogens with zero attached hydrogens (tertiary/aromatic N) is 2. The van der Waals surface area contributed by atoms with Crippen molar-refractivity contribution in [3.8, 4) is 0 Å². The Morgan fingerprint density at radius 3 is 2.95 bits per heavy atom. The third-order valence-corrected chi connectivity index (χ3v) is 3.58. The zero-order valence-corrected chi connectivity index (χ0v) is 12.8. The zero-order valence-electron chi connectivity index (χ0n) is 11.2. The van der Waals surface area contributed by atoms with Crippen LogP contribution in [-0.4, -0.2) is 47.9 Å². The first kappa shape index (κ1) is 14.9. The molecule has 108 valence electrons. The predicted molar refractivity (Wildman–Crippen MR) is 79.2 cm³/mol. The number of carbonyl (C=O) groups is 2. The van der Waals surface area contributed by atoms with Crippen molar-refractivity contribution in [3.63, 3.8) is 0 Å². The third kappa shape index (κ3) is 4.01. The molecular formula is C13H17BrN4O2. The number of carbonyl (C=O) groups excluding carboxylic acids is 2. The highest BCUT2D eigenvalue weighted by atomic mass is 79.9. The monoisotopic (exact) mass is 340 g/mol. The number of hydrogen-bond donors (Lipinski definition) is 2. The molecule has 1 aromatic rings. The first-order chi connectivity index (χ1) is 9.56. The fraction of sp³-hybridized carbons (Fsp3) is 0.462. The molecule has 0 aliphatic carbocycles. The minimum atomic E-state index is -0.256. The molecule has 0 saturated carbocycles. The Morgan fingerprint density at radius 1 is 1.55 bits per heavy atom. The number of likely N-dealkylation sites (N-methyl/N-ethyl adjacent to an activating group) is 1. The second-order valence-electron chi connectivity index (χ2n) is 4.75. The molecule has 0 aromatic carbocycles. The molecule has 0 spiro atoms. The molecule has 1 aliphatic rings. The molecule has 1 unspecified atom stereocenters. The van der Waals surface area contributed by atoms with E-state index >= 15 is 0 Å². The third-order valence-electron chi connectivity index (χ3n) is 3.11. The van der Waals surface area contributed by atoms with Crippen LogP contribution >= 0.6 is 15.9 Å². The Bertz CT molecular complexity index is 486. The molecule has 1 aromatic heterocycles. The van der Waals surface area contributed by atoms with Gasteiger partial charge in [-0.15, -0.1) is 0 Å². The highest BCUT2D eigenvalue weighted by Gasteiger charge is 2.25. The van der Waals surface area contributed by atoms with Crippen molar-refractivity contribution in [2.24, 2.45) is 0 Å². The standard InChI is InChI=1S/C13H17BrN4O2/c1-18(13(20)10-3-2-6-15-10)8-12(19)17-11-5-4-9(14)7-16-11/h4-5,7,10,15H,2-3,6,8H2,1H3,(H,16,17,19). The lowest BCUT2D eigenvalue weighted by Crippen LogP contribution is -2.44. The fourth-order valence-electron chi connectivity index (χ4n) is 2.09. The summed E-state index contributed by atoms with van der Waals surface area (Å²) in [5.41, 5.74) is 0. The molecule has 1 aliphatic heterocycles. The topological polar surface area (TPSA) is 74.3 Å². The number of hydrogen-bond acceptors (Lipinski definition) is 4. The first-order valence-corrected chi connectivity index (χ1v) is 7.25. The molecule has 0 radical (unpaired) electrons. The van der Waals surface area contributed by atoms with E-state index in [9.17, 15) is 9.59 Å². The van der Waals surface area contributed by atoms with Crippen LogP contribution < -0.4 is 10.6 Å². The van der Waals surface area contributed by atoms with Crippen LogP contribution in [-0.2, 0) is 9.59 Å². The quantitative estimate of drug-likeness (QED) is 0.857. The maximum Gasteiger partial charge on any atom is 0.245 e. The lowest BCUT2D eigenvalue weighted by molar-refractivity contribution is -0.134. The fourth-order valence-corrected chi connectivity index (χ4v) is 2.32. The molecule has 20 heavy (non-hydrogen) atoms. The largest absolute Gasteiger partial charge is 0.335 e. The number of aromatic nitrogens is 1. The molecule has 2 heterocycles. The molecule has 2 N–H and O–H groups in total. The lowest BCUT2D eigenvalue weighted by Gasteiger charge is -2.20. The number of anilines is 1. The second kappa shape index (κ2) is 6.81. The van der Waals surface area contributed by atoms with Crippen LogP contribution in [0.25, 0.3) is 0 Å². The second-order valence-corrected chi connectivity index (χ2v) is 5.67. The SMILES string of the molecule is CN(CC(=O)Nc1ccc(Br)cn1)C(=O)C1CCCN1. The molecule has 1 fully saturated rings. The number of rotatable bonds is 4. The van der Waals surface area contributed by atoms with Gasteiger partial charge in [-0.05, 0) is 47.4 Å². The van der Waals surface area contributed by atoms with E-state index < -0.39 is 0 Å². The summed E-state index contributed by atoms with van der Waals surface area (Å²) >= 11 is 3.27. The smallest absolute Gasteiger partial charge is 0.245 e. The summed E-state index contributed by atoms with van der Waals surface area (Å²) in [5.74, 6) is 0.174. The Kier molecular flexibility index (Phi) is 5.08. The molecule has 0 bridgehead atoms. The highest BCUT2D eigenvalue weighted by molar-refractivity contribution is 9.10. The minimum Gasteiger partial charge on any atom is -0.335 e. The van der Waals surface area contributed by atoms with E-state index in [2.05, 4.69) is 31.5 Å². The van der Waals surface area contributed by atoms with Gasteiger partial charge in [-0.3, -0.25) is 9.59 Å². The summed E-state index contributed by atoms with van der Waals surface area (Å²) in [5, 5.41) is 5.79. The van der Waals surface area contributed by atoms with Crippen molar-refractivity contribution in [2.45, 2.75) is 18.9 Å². The number of pyridine rings is 1. The van der Waals surface area contributed by atoms with Crippen LogP contribution in [0.5, 0.6) is 0 Å². The Hall–Kier alpha value is -1.47.